The molecule has 0 spiro atoms. The molecule has 3 rings (SSSR count). The average Bonchev–Trinajstić information content (AvgIpc) is 3.14. The molecular formula is C16H22N4O3S. The maximum Gasteiger partial charge on any atom is 0.244 e. The van der Waals surface area contributed by atoms with Crippen LogP contribution in [-0.2, 0) is 10.0 Å². The molecule has 2 aromatic rings. The van der Waals surface area contributed by atoms with E-state index in [1.165, 1.54) is 0 Å². The van der Waals surface area contributed by atoms with E-state index in [9.17, 15) is 8.42 Å². The van der Waals surface area contributed by atoms with Crippen LogP contribution < -0.4 is 4.72 Å². The Morgan fingerprint density at radius 2 is 2.00 bits per heavy atom. The third-order valence-corrected chi connectivity index (χ3v) is 5.72. The van der Waals surface area contributed by atoms with Crippen molar-refractivity contribution >= 4 is 10.0 Å². The second-order valence-corrected chi connectivity index (χ2v) is 8.18. The molecule has 24 heavy (non-hydrogen) atoms. The van der Waals surface area contributed by atoms with Crippen molar-refractivity contribution in [2.75, 3.05) is 13.6 Å². The third kappa shape index (κ3) is 3.50. The summed E-state index contributed by atoms with van der Waals surface area (Å²) in [4.78, 5) is 6.75. The summed E-state index contributed by atoms with van der Waals surface area (Å²) in [5.74, 6) is 1.41. The highest BCUT2D eigenvalue weighted by Gasteiger charge is 2.36. The number of rotatable bonds is 5. The molecule has 1 saturated heterocycles. The largest absolute Gasteiger partial charge is 0.338 e. The van der Waals surface area contributed by atoms with Crippen LogP contribution >= 0.6 is 0 Å². The minimum atomic E-state index is -3.52. The lowest BCUT2D eigenvalue weighted by Crippen LogP contribution is -2.36. The molecule has 2 heterocycles. The van der Waals surface area contributed by atoms with Crippen molar-refractivity contribution in [2.45, 2.75) is 43.2 Å². The van der Waals surface area contributed by atoms with Crippen LogP contribution in [0.5, 0.6) is 0 Å². The standard InChI is InChI=1S/C16H22N4O3S/c1-11(2)15-17-16(23-18-15)14-9-12(10-20(14)3)19-24(21,22)13-7-5-4-6-8-13/h4-8,11-12,14,19H,9-10H2,1-3H3/t12-,14+/m0/s1. The first-order valence-corrected chi connectivity index (χ1v) is 9.46. The van der Waals surface area contributed by atoms with Gasteiger partial charge in [0.1, 0.15) is 0 Å². The molecule has 1 fully saturated rings. The van der Waals surface area contributed by atoms with Gasteiger partial charge in [0, 0.05) is 18.5 Å². The van der Waals surface area contributed by atoms with Crippen LogP contribution in [0.4, 0.5) is 0 Å². The zero-order valence-corrected chi connectivity index (χ0v) is 14.8. The molecule has 1 aromatic heterocycles. The van der Waals surface area contributed by atoms with Gasteiger partial charge in [-0.25, -0.2) is 13.1 Å². The van der Waals surface area contributed by atoms with E-state index in [1.807, 2.05) is 25.8 Å². The first-order chi connectivity index (χ1) is 11.4. The van der Waals surface area contributed by atoms with Gasteiger partial charge < -0.3 is 4.52 Å². The van der Waals surface area contributed by atoms with E-state index >= 15 is 0 Å². The molecule has 2 atom stereocenters. The molecule has 1 aromatic carbocycles. The summed E-state index contributed by atoms with van der Waals surface area (Å²) in [7, 11) is -1.59. The van der Waals surface area contributed by atoms with Crippen LogP contribution in [0.25, 0.3) is 0 Å². The molecule has 7 nitrogen and oxygen atoms in total. The van der Waals surface area contributed by atoms with Gasteiger partial charge in [-0.05, 0) is 25.6 Å². The van der Waals surface area contributed by atoms with Gasteiger partial charge in [0.25, 0.3) is 0 Å². The van der Waals surface area contributed by atoms with E-state index in [1.54, 1.807) is 30.3 Å². The van der Waals surface area contributed by atoms with E-state index in [0.29, 0.717) is 24.7 Å². The van der Waals surface area contributed by atoms with Crippen molar-refractivity contribution in [2.24, 2.45) is 0 Å². The second kappa shape index (κ2) is 6.62. The number of likely N-dealkylation sites (tertiary alicyclic amines) is 1. The second-order valence-electron chi connectivity index (χ2n) is 6.47. The van der Waals surface area contributed by atoms with Gasteiger partial charge in [0.15, 0.2) is 5.82 Å². The quantitative estimate of drug-likeness (QED) is 0.886. The van der Waals surface area contributed by atoms with Crippen molar-refractivity contribution in [1.29, 1.82) is 0 Å². The molecule has 1 aliphatic heterocycles. The summed E-state index contributed by atoms with van der Waals surface area (Å²) in [6.07, 6.45) is 0.599. The Balaban J connectivity index is 1.71. The summed E-state index contributed by atoms with van der Waals surface area (Å²) in [6, 6.07) is 8.12. The van der Waals surface area contributed by atoms with E-state index < -0.39 is 10.0 Å². The van der Waals surface area contributed by atoms with Crippen molar-refractivity contribution in [1.82, 2.24) is 19.8 Å². The summed E-state index contributed by atoms with van der Waals surface area (Å²) >= 11 is 0. The summed E-state index contributed by atoms with van der Waals surface area (Å²) in [6.45, 7) is 4.60. The van der Waals surface area contributed by atoms with Crippen LogP contribution in [0, 0.1) is 0 Å². The number of hydrogen-bond acceptors (Lipinski definition) is 6. The predicted molar refractivity (Wildman–Crippen MR) is 88.9 cm³/mol. The molecule has 1 N–H and O–H groups in total. The smallest absolute Gasteiger partial charge is 0.244 e. The Kier molecular flexibility index (Phi) is 4.71. The van der Waals surface area contributed by atoms with Crippen molar-refractivity contribution in [3.8, 4) is 0 Å². The molecule has 0 amide bonds. The van der Waals surface area contributed by atoms with Gasteiger partial charge in [-0.15, -0.1) is 0 Å². The predicted octanol–water partition coefficient (Wildman–Crippen LogP) is 1.92. The molecule has 8 heteroatoms. The van der Waals surface area contributed by atoms with Gasteiger partial charge in [0.05, 0.1) is 10.9 Å². The van der Waals surface area contributed by atoms with E-state index in [0.717, 1.165) is 0 Å². The molecular weight excluding hydrogens is 328 g/mol. The molecule has 0 radical (unpaired) electrons. The minimum Gasteiger partial charge on any atom is -0.338 e. The lowest BCUT2D eigenvalue weighted by Gasteiger charge is -2.14. The molecule has 130 valence electrons. The van der Waals surface area contributed by atoms with Gasteiger partial charge in [0.2, 0.25) is 15.9 Å². The normalized spacial score (nSPS) is 22.3. The highest BCUT2D eigenvalue weighted by atomic mass is 32.2. The minimum absolute atomic E-state index is 0.0755. The Morgan fingerprint density at radius 3 is 2.62 bits per heavy atom. The molecule has 0 unspecified atom stereocenters. The van der Waals surface area contributed by atoms with Gasteiger partial charge in [-0.3, -0.25) is 4.90 Å². The van der Waals surface area contributed by atoms with E-state index in [2.05, 4.69) is 14.9 Å². The Morgan fingerprint density at radius 1 is 1.29 bits per heavy atom. The highest BCUT2D eigenvalue weighted by molar-refractivity contribution is 7.89. The number of nitrogens with zero attached hydrogens (tertiary/aromatic N) is 3. The SMILES string of the molecule is CC(C)c1noc([C@H]2C[C@H](NS(=O)(=O)c3ccccc3)CN2C)n1. The lowest BCUT2D eigenvalue weighted by molar-refractivity contribution is 0.244. The number of nitrogens with one attached hydrogen (secondary N) is 1. The molecule has 1 aliphatic rings. The number of sulfonamides is 1. The fourth-order valence-electron chi connectivity index (χ4n) is 2.88. The van der Waals surface area contributed by atoms with Crippen molar-refractivity contribution in [3.63, 3.8) is 0 Å². The van der Waals surface area contributed by atoms with Crippen LogP contribution in [0.1, 0.15) is 43.9 Å². The maximum absolute atomic E-state index is 12.5. The zero-order valence-electron chi connectivity index (χ0n) is 14.0. The van der Waals surface area contributed by atoms with Crippen molar-refractivity contribution < 1.29 is 12.9 Å². The lowest BCUT2D eigenvalue weighted by atomic mass is 10.2. The number of benzene rings is 1. The number of likely N-dealkylation sites (N-methyl/N-ethyl adjacent to an activating group) is 1. The van der Waals surface area contributed by atoms with Crippen LogP contribution in [0.15, 0.2) is 39.8 Å². The average molecular weight is 350 g/mol. The highest BCUT2D eigenvalue weighted by Crippen LogP contribution is 2.31. The summed E-state index contributed by atoms with van der Waals surface area (Å²) in [5.41, 5.74) is 0. The van der Waals surface area contributed by atoms with Crippen LogP contribution in [0.2, 0.25) is 0 Å². The van der Waals surface area contributed by atoms with E-state index in [4.69, 9.17) is 4.52 Å². The Hall–Kier alpha value is -1.77. The Bertz CT molecular complexity index is 789. The van der Waals surface area contributed by atoms with Gasteiger partial charge in [-0.2, -0.15) is 4.98 Å². The van der Waals surface area contributed by atoms with Crippen LogP contribution in [0.3, 0.4) is 0 Å². The fourth-order valence-corrected chi connectivity index (χ4v) is 4.14. The molecule has 0 saturated carbocycles. The molecule has 0 aliphatic carbocycles. The number of hydrogen-bond donors (Lipinski definition) is 1. The first kappa shape index (κ1) is 17.1. The summed E-state index contributed by atoms with van der Waals surface area (Å²) in [5, 5.41) is 3.99. The zero-order chi connectivity index (χ0) is 17.3. The third-order valence-electron chi connectivity index (χ3n) is 4.18. The summed E-state index contributed by atoms with van der Waals surface area (Å²) < 4.78 is 33.0. The fraction of sp³-hybridized carbons (Fsp3) is 0.500. The Labute approximate surface area is 142 Å². The number of aromatic nitrogens is 2. The first-order valence-electron chi connectivity index (χ1n) is 7.98. The monoisotopic (exact) mass is 350 g/mol. The van der Waals surface area contributed by atoms with E-state index in [-0.39, 0.29) is 22.9 Å². The topological polar surface area (TPSA) is 88.3 Å². The van der Waals surface area contributed by atoms with Gasteiger partial charge >= 0.3 is 0 Å². The molecule has 0 bridgehead atoms. The maximum atomic E-state index is 12.5. The van der Waals surface area contributed by atoms with Crippen molar-refractivity contribution in [3.05, 3.63) is 42.0 Å². The van der Waals surface area contributed by atoms with Crippen LogP contribution in [-0.4, -0.2) is 43.1 Å². The van der Waals surface area contributed by atoms with Gasteiger partial charge in [-0.1, -0.05) is 37.2 Å².